The molecule has 1 saturated heterocycles. The zero-order valence-corrected chi connectivity index (χ0v) is 22.0. The van der Waals surface area contributed by atoms with Crippen LogP contribution < -0.4 is 10.6 Å². The standard InChI is InChI=1S/C30H26FN9O/c31-21-3-1-2-18(11-21)23-6-9-34-29-26(23)37-30(38-29)27-24-13-20(15-35-28(24)40-39-27)19-12-22(16-33-14-19)36-25(41)10-17-4-7-32-8-5-17/h1-3,6,9,11-17,32H,4-5,7-8,10H2,(H,36,41)(H,34,37,38)(H,35,39,40). The molecular weight excluding hydrogens is 521 g/mol. The zero-order valence-electron chi connectivity index (χ0n) is 22.0. The highest BCUT2D eigenvalue weighted by Gasteiger charge is 2.19. The second-order valence-corrected chi connectivity index (χ2v) is 10.3. The predicted molar refractivity (Wildman–Crippen MR) is 154 cm³/mol. The van der Waals surface area contributed by atoms with Gasteiger partial charge in [0.15, 0.2) is 17.1 Å². The molecule has 0 aliphatic carbocycles. The van der Waals surface area contributed by atoms with E-state index in [0.29, 0.717) is 51.9 Å². The van der Waals surface area contributed by atoms with E-state index in [9.17, 15) is 9.18 Å². The Balaban J connectivity index is 1.19. The van der Waals surface area contributed by atoms with E-state index in [1.165, 1.54) is 12.1 Å². The largest absolute Gasteiger partial charge is 0.325 e. The van der Waals surface area contributed by atoms with E-state index in [0.717, 1.165) is 48.0 Å². The number of nitrogens with zero attached hydrogens (tertiary/aromatic N) is 5. The molecule has 0 spiro atoms. The number of amides is 1. The average molecular weight is 548 g/mol. The van der Waals surface area contributed by atoms with Crippen molar-refractivity contribution >= 4 is 33.8 Å². The maximum Gasteiger partial charge on any atom is 0.224 e. The number of aromatic nitrogens is 7. The fourth-order valence-electron chi connectivity index (χ4n) is 5.38. The van der Waals surface area contributed by atoms with Crippen LogP contribution in [0.4, 0.5) is 10.1 Å². The van der Waals surface area contributed by atoms with Crippen molar-refractivity contribution in [1.29, 1.82) is 0 Å². The number of fused-ring (bicyclic) bond motifs is 2. The molecule has 4 N–H and O–H groups in total. The third-order valence-corrected chi connectivity index (χ3v) is 7.45. The third-order valence-electron chi connectivity index (χ3n) is 7.45. The van der Waals surface area contributed by atoms with E-state index in [-0.39, 0.29) is 11.7 Å². The van der Waals surface area contributed by atoms with E-state index in [2.05, 4.69) is 40.8 Å². The molecule has 1 fully saturated rings. The van der Waals surface area contributed by atoms with E-state index in [1.807, 2.05) is 24.3 Å². The number of nitrogens with one attached hydrogen (secondary N) is 4. The average Bonchev–Trinajstić information content (AvgIpc) is 3.61. The van der Waals surface area contributed by atoms with Crippen LogP contribution in [0.3, 0.4) is 0 Å². The van der Waals surface area contributed by atoms with Gasteiger partial charge in [0.25, 0.3) is 0 Å². The van der Waals surface area contributed by atoms with Gasteiger partial charge in [0.05, 0.1) is 17.3 Å². The number of imidazole rings is 1. The molecule has 1 aliphatic rings. The summed E-state index contributed by atoms with van der Waals surface area (Å²) in [5.74, 6) is 0.591. The van der Waals surface area contributed by atoms with Crippen LogP contribution in [0.25, 0.3) is 56.0 Å². The zero-order chi connectivity index (χ0) is 27.8. The molecule has 0 atom stereocenters. The fourth-order valence-corrected chi connectivity index (χ4v) is 5.38. The smallest absolute Gasteiger partial charge is 0.224 e. The number of piperidine rings is 1. The number of hydrogen-bond donors (Lipinski definition) is 4. The molecule has 11 heteroatoms. The lowest BCUT2D eigenvalue weighted by Gasteiger charge is -2.21. The number of aromatic amines is 2. The van der Waals surface area contributed by atoms with Crippen molar-refractivity contribution in [2.75, 3.05) is 18.4 Å². The molecule has 1 amide bonds. The Morgan fingerprint density at radius 3 is 2.73 bits per heavy atom. The molecule has 0 unspecified atom stereocenters. The summed E-state index contributed by atoms with van der Waals surface area (Å²) >= 11 is 0. The SMILES string of the molecule is O=C(CC1CCNCC1)Nc1cncc(-c2cnc3[nH]nc(-c4nc5c(-c6cccc(F)c6)ccnc5[nH]4)c3c2)c1. The van der Waals surface area contributed by atoms with Gasteiger partial charge >= 0.3 is 0 Å². The lowest BCUT2D eigenvalue weighted by atomic mass is 9.94. The molecule has 7 rings (SSSR count). The third kappa shape index (κ3) is 5.03. The summed E-state index contributed by atoms with van der Waals surface area (Å²) in [6.07, 6.45) is 9.32. The first-order chi connectivity index (χ1) is 20.1. The van der Waals surface area contributed by atoms with Gasteiger partial charge in [0.1, 0.15) is 17.0 Å². The molecule has 0 bridgehead atoms. The van der Waals surface area contributed by atoms with Crippen molar-refractivity contribution in [3.8, 4) is 33.8 Å². The summed E-state index contributed by atoms with van der Waals surface area (Å²) < 4.78 is 13.9. The number of H-pyrrole nitrogens is 2. The first kappa shape index (κ1) is 25.0. The number of halogens is 1. The van der Waals surface area contributed by atoms with E-state index >= 15 is 0 Å². The fraction of sp³-hybridized carbons (Fsp3) is 0.200. The van der Waals surface area contributed by atoms with Crippen LogP contribution in [0.5, 0.6) is 0 Å². The monoisotopic (exact) mass is 547 g/mol. The van der Waals surface area contributed by atoms with Crippen LogP contribution >= 0.6 is 0 Å². The van der Waals surface area contributed by atoms with Crippen LogP contribution in [-0.4, -0.2) is 54.1 Å². The minimum Gasteiger partial charge on any atom is -0.325 e. The summed E-state index contributed by atoms with van der Waals surface area (Å²) in [6.45, 7) is 1.92. The highest BCUT2D eigenvalue weighted by Crippen LogP contribution is 2.32. The Bertz CT molecular complexity index is 1890. The van der Waals surface area contributed by atoms with Gasteiger partial charge in [0, 0.05) is 41.7 Å². The quantitative estimate of drug-likeness (QED) is 0.228. The normalized spacial score (nSPS) is 14.1. The molecular formula is C30H26FN9O. The van der Waals surface area contributed by atoms with Gasteiger partial charge in [-0.15, -0.1) is 0 Å². The van der Waals surface area contributed by atoms with Crippen molar-refractivity contribution in [3.63, 3.8) is 0 Å². The molecule has 6 aromatic rings. The van der Waals surface area contributed by atoms with Crippen LogP contribution in [0.2, 0.25) is 0 Å². The van der Waals surface area contributed by atoms with E-state index < -0.39 is 0 Å². The Kier molecular flexibility index (Phi) is 6.40. The van der Waals surface area contributed by atoms with Crippen molar-refractivity contribution in [2.24, 2.45) is 5.92 Å². The number of rotatable bonds is 6. The summed E-state index contributed by atoms with van der Waals surface area (Å²) in [4.78, 5) is 34.0. The van der Waals surface area contributed by atoms with Gasteiger partial charge in [-0.05, 0) is 67.7 Å². The second-order valence-electron chi connectivity index (χ2n) is 10.3. The molecule has 0 radical (unpaired) electrons. The highest BCUT2D eigenvalue weighted by molar-refractivity contribution is 5.96. The molecule has 204 valence electrons. The summed E-state index contributed by atoms with van der Waals surface area (Å²) in [5, 5.41) is 14.5. The number of hydrogen-bond acceptors (Lipinski definition) is 7. The molecule has 10 nitrogen and oxygen atoms in total. The summed E-state index contributed by atoms with van der Waals surface area (Å²) in [5.41, 5.74) is 6.11. The van der Waals surface area contributed by atoms with Gasteiger partial charge in [-0.1, -0.05) is 12.1 Å². The van der Waals surface area contributed by atoms with Gasteiger partial charge in [-0.3, -0.25) is 14.9 Å². The first-order valence-corrected chi connectivity index (χ1v) is 13.5. The van der Waals surface area contributed by atoms with Crippen molar-refractivity contribution in [2.45, 2.75) is 19.3 Å². The molecule has 1 aliphatic heterocycles. The van der Waals surface area contributed by atoms with Crippen molar-refractivity contribution in [1.82, 2.24) is 40.4 Å². The molecule has 0 saturated carbocycles. The maximum atomic E-state index is 13.9. The topological polar surface area (TPSA) is 137 Å². The Labute approximate surface area is 233 Å². The van der Waals surface area contributed by atoms with Crippen LogP contribution in [0, 0.1) is 11.7 Å². The van der Waals surface area contributed by atoms with Gasteiger partial charge in [0.2, 0.25) is 5.91 Å². The minimum absolute atomic E-state index is 0.00217. The highest BCUT2D eigenvalue weighted by atomic mass is 19.1. The predicted octanol–water partition coefficient (Wildman–Crippen LogP) is 5.09. The Hall–Kier alpha value is -5.03. The first-order valence-electron chi connectivity index (χ1n) is 13.5. The summed E-state index contributed by atoms with van der Waals surface area (Å²) in [6, 6.07) is 12.1. The van der Waals surface area contributed by atoms with Crippen molar-refractivity contribution < 1.29 is 9.18 Å². The number of benzene rings is 1. The van der Waals surface area contributed by atoms with Gasteiger partial charge in [-0.25, -0.2) is 19.3 Å². The number of pyridine rings is 3. The Morgan fingerprint density at radius 2 is 1.85 bits per heavy atom. The lowest BCUT2D eigenvalue weighted by molar-refractivity contribution is -0.117. The van der Waals surface area contributed by atoms with Gasteiger partial charge in [-0.2, -0.15) is 5.10 Å². The van der Waals surface area contributed by atoms with E-state index in [4.69, 9.17) is 4.98 Å². The minimum atomic E-state index is -0.319. The lowest BCUT2D eigenvalue weighted by Crippen LogP contribution is -2.30. The molecule has 6 heterocycles. The van der Waals surface area contributed by atoms with Crippen LogP contribution in [0.1, 0.15) is 19.3 Å². The number of carbonyl (C=O) groups excluding carboxylic acids is 1. The number of carbonyl (C=O) groups is 1. The maximum absolute atomic E-state index is 13.9. The summed E-state index contributed by atoms with van der Waals surface area (Å²) in [7, 11) is 0. The Morgan fingerprint density at radius 1 is 0.976 bits per heavy atom. The van der Waals surface area contributed by atoms with Crippen LogP contribution in [-0.2, 0) is 4.79 Å². The molecule has 1 aromatic carbocycles. The second kappa shape index (κ2) is 10.5. The van der Waals surface area contributed by atoms with Crippen LogP contribution in [0.15, 0.2) is 67.3 Å². The molecule has 5 aromatic heterocycles. The molecule has 41 heavy (non-hydrogen) atoms. The van der Waals surface area contributed by atoms with Crippen molar-refractivity contribution in [3.05, 3.63) is 73.1 Å². The van der Waals surface area contributed by atoms with Gasteiger partial charge < -0.3 is 15.6 Å². The number of anilines is 1. The van der Waals surface area contributed by atoms with E-state index in [1.54, 1.807) is 30.9 Å².